The SMILES string of the molecule is NC1CCc2c(ccc3c2ccc2c(-c4cc(OCc5ccccc5)cs4)cccc23)C1.O=C(O)c1ccc2ccccc2c1. The van der Waals surface area contributed by atoms with Gasteiger partial charge in [-0.05, 0) is 92.0 Å². The van der Waals surface area contributed by atoms with Crippen molar-refractivity contribution in [2.75, 3.05) is 0 Å². The third kappa shape index (κ3) is 6.05. The summed E-state index contributed by atoms with van der Waals surface area (Å²) >= 11 is 1.74. The number of carboxylic acids is 1. The molecule has 1 atom stereocenters. The van der Waals surface area contributed by atoms with E-state index in [4.69, 9.17) is 15.6 Å². The first-order valence-electron chi connectivity index (χ1n) is 15.2. The molecule has 3 N–H and O–H groups in total. The summed E-state index contributed by atoms with van der Waals surface area (Å²) in [7, 11) is 0. The Bertz CT molecular complexity index is 2150. The predicted octanol–water partition coefficient (Wildman–Crippen LogP) is 9.65. The van der Waals surface area contributed by atoms with Crippen molar-refractivity contribution in [3.05, 3.63) is 149 Å². The maximum absolute atomic E-state index is 10.6. The topological polar surface area (TPSA) is 72.5 Å². The molecule has 1 aromatic heterocycles. The lowest BCUT2D eigenvalue weighted by atomic mass is 9.84. The van der Waals surface area contributed by atoms with Gasteiger partial charge in [-0.15, -0.1) is 11.3 Å². The van der Waals surface area contributed by atoms with Gasteiger partial charge in [-0.25, -0.2) is 4.79 Å². The minimum atomic E-state index is -0.884. The molecule has 0 radical (unpaired) electrons. The summed E-state index contributed by atoms with van der Waals surface area (Å²) in [5.41, 5.74) is 11.9. The molecule has 5 heteroatoms. The number of aromatic carboxylic acids is 1. The van der Waals surface area contributed by atoms with Crippen LogP contribution >= 0.6 is 11.3 Å². The molecule has 0 saturated heterocycles. The Labute approximate surface area is 266 Å². The first-order chi connectivity index (χ1) is 22.0. The van der Waals surface area contributed by atoms with Crippen LogP contribution < -0.4 is 10.5 Å². The van der Waals surface area contributed by atoms with Gasteiger partial charge in [0.1, 0.15) is 12.4 Å². The van der Waals surface area contributed by atoms with Crippen LogP contribution in [0.2, 0.25) is 0 Å². The average molecular weight is 608 g/mol. The molecule has 6 aromatic carbocycles. The molecule has 0 spiro atoms. The van der Waals surface area contributed by atoms with Gasteiger partial charge in [0.25, 0.3) is 0 Å². The van der Waals surface area contributed by atoms with Crippen LogP contribution in [0.15, 0.2) is 127 Å². The van der Waals surface area contributed by atoms with Crippen LogP contribution in [0, 0.1) is 0 Å². The molecule has 4 nitrogen and oxygen atoms in total. The van der Waals surface area contributed by atoms with E-state index in [9.17, 15) is 4.79 Å². The van der Waals surface area contributed by atoms with Crippen LogP contribution in [0.5, 0.6) is 5.75 Å². The van der Waals surface area contributed by atoms with E-state index in [2.05, 4.69) is 66.0 Å². The highest BCUT2D eigenvalue weighted by Crippen LogP contribution is 2.39. The van der Waals surface area contributed by atoms with Gasteiger partial charge in [0, 0.05) is 16.3 Å². The van der Waals surface area contributed by atoms with Crippen LogP contribution in [0.4, 0.5) is 0 Å². The van der Waals surface area contributed by atoms with Crippen LogP contribution in [0.3, 0.4) is 0 Å². The van der Waals surface area contributed by atoms with Gasteiger partial charge in [0.15, 0.2) is 0 Å². The zero-order valence-corrected chi connectivity index (χ0v) is 25.6. The lowest BCUT2D eigenvalue weighted by molar-refractivity contribution is 0.0697. The fraction of sp³-hybridized carbons (Fsp3) is 0.125. The molecule has 1 aliphatic carbocycles. The lowest BCUT2D eigenvalue weighted by Crippen LogP contribution is -2.27. The number of carboxylic acid groups (broad SMARTS) is 1. The second kappa shape index (κ2) is 12.6. The Morgan fingerprint density at radius 2 is 1.53 bits per heavy atom. The van der Waals surface area contributed by atoms with Crippen LogP contribution in [-0.4, -0.2) is 17.1 Å². The fourth-order valence-corrected chi connectivity index (χ4v) is 7.16. The molecule has 0 bridgehead atoms. The van der Waals surface area contributed by atoms with Gasteiger partial charge < -0.3 is 15.6 Å². The Balaban J connectivity index is 0.000000209. The second-order valence-corrected chi connectivity index (χ2v) is 12.5. The maximum atomic E-state index is 10.6. The van der Waals surface area contributed by atoms with Crippen molar-refractivity contribution in [2.45, 2.75) is 31.9 Å². The van der Waals surface area contributed by atoms with Gasteiger partial charge in [0.2, 0.25) is 0 Å². The molecule has 1 heterocycles. The summed E-state index contributed by atoms with van der Waals surface area (Å²) in [6.07, 6.45) is 3.14. The van der Waals surface area contributed by atoms with Gasteiger partial charge in [0.05, 0.1) is 5.56 Å². The molecular formula is C40H33NO3S. The molecule has 0 aliphatic heterocycles. The lowest BCUT2D eigenvalue weighted by Gasteiger charge is -2.23. The number of thiophene rings is 1. The summed E-state index contributed by atoms with van der Waals surface area (Å²) in [6, 6.07) is 41.4. The van der Waals surface area contributed by atoms with Crippen molar-refractivity contribution >= 4 is 49.6 Å². The third-order valence-corrected chi connectivity index (χ3v) is 9.54. The number of benzene rings is 6. The van der Waals surface area contributed by atoms with Crippen LogP contribution in [0.25, 0.3) is 42.8 Å². The molecular weight excluding hydrogens is 575 g/mol. The van der Waals surface area contributed by atoms with Crippen molar-refractivity contribution in [3.8, 4) is 16.2 Å². The highest BCUT2D eigenvalue weighted by Gasteiger charge is 2.19. The van der Waals surface area contributed by atoms with Crippen molar-refractivity contribution in [1.29, 1.82) is 0 Å². The van der Waals surface area contributed by atoms with E-state index in [1.54, 1.807) is 23.5 Å². The number of rotatable bonds is 5. The number of aryl methyl sites for hydroxylation is 1. The van der Waals surface area contributed by atoms with E-state index >= 15 is 0 Å². The second-order valence-electron chi connectivity index (χ2n) is 11.6. The average Bonchev–Trinajstić information content (AvgIpc) is 3.56. The summed E-state index contributed by atoms with van der Waals surface area (Å²) in [4.78, 5) is 11.9. The van der Waals surface area contributed by atoms with Crippen LogP contribution in [-0.2, 0) is 19.4 Å². The number of fused-ring (bicyclic) bond motifs is 6. The Morgan fingerprint density at radius 3 is 2.38 bits per heavy atom. The van der Waals surface area contributed by atoms with Gasteiger partial charge in [-0.2, -0.15) is 0 Å². The first kappa shape index (κ1) is 28.8. The highest BCUT2D eigenvalue weighted by molar-refractivity contribution is 7.14. The van der Waals surface area contributed by atoms with E-state index in [-0.39, 0.29) is 0 Å². The summed E-state index contributed by atoms with van der Waals surface area (Å²) in [6.45, 7) is 0.589. The number of hydrogen-bond acceptors (Lipinski definition) is 4. The molecule has 0 fully saturated rings. The Hall–Kier alpha value is -4.97. The van der Waals surface area contributed by atoms with E-state index in [1.807, 2.05) is 48.5 Å². The number of carbonyl (C=O) groups is 1. The molecule has 0 amide bonds. The monoisotopic (exact) mass is 607 g/mol. The normalized spacial score (nSPS) is 14.1. The highest BCUT2D eigenvalue weighted by atomic mass is 32.1. The van der Waals surface area contributed by atoms with Crippen molar-refractivity contribution in [2.24, 2.45) is 5.73 Å². The van der Waals surface area contributed by atoms with Gasteiger partial charge in [-0.1, -0.05) is 103 Å². The number of hydrogen-bond donors (Lipinski definition) is 2. The molecule has 0 saturated carbocycles. The minimum absolute atomic E-state index is 0.296. The Kier molecular flexibility index (Phi) is 8.04. The van der Waals surface area contributed by atoms with Gasteiger partial charge >= 0.3 is 5.97 Å². The fourth-order valence-electron chi connectivity index (χ4n) is 6.30. The zero-order valence-electron chi connectivity index (χ0n) is 24.8. The third-order valence-electron chi connectivity index (χ3n) is 8.60. The van der Waals surface area contributed by atoms with Crippen molar-refractivity contribution in [1.82, 2.24) is 0 Å². The predicted molar refractivity (Wildman–Crippen MR) is 186 cm³/mol. The number of ether oxygens (including phenoxy) is 1. The van der Waals surface area contributed by atoms with Crippen molar-refractivity contribution in [3.63, 3.8) is 0 Å². The quantitative estimate of drug-likeness (QED) is 0.191. The minimum Gasteiger partial charge on any atom is -0.488 e. The largest absolute Gasteiger partial charge is 0.488 e. The first-order valence-corrected chi connectivity index (χ1v) is 16.1. The molecule has 1 aliphatic rings. The van der Waals surface area contributed by atoms with E-state index in [0.717, 1.165) is 35.8 Å². The van der Waals surface area contributed by atoms with E-state index < -0.39 is 5.97 Å². The van der Waals surface area contributed by atoms with E-state index in [0.29, 0.717) is 18.2 Å². The molecule has 45 heavy (non-hydrogen) atoms. The van der Waals surface area contributed by atoms with Crippen LogP contribution in [0.1, 0.15) is 33.5 Å². The maximum Gasteiger partial charge on any atom is 0.335 e. The zero-order chi connectivity index (χ0) is 30.8. The van der Waals surface area contributed by atoms with Gasteiger partial charge in [-0.3, -0.25) is 0 Å². The molecule has 222 valence electrons. The van der Waals surface area contributed by atoms with E-state index in [1.165, 1.54) is 48.7 Å². The molecule has 1 unspecified atom stereocenters. The summed E-state index contributed by atoms with van der Waals surface area (Å²) < 4.78 is 6.05. The molecule has 7 aromatic rings. The summed E-state index contributed by atoms with van der Waals surface area (Å²) in [5, 5.41) is 18.2. The Morgan fingerprint density at radius 1 is 0.778 bits per heavy atom. The summed E-state index contributed by atoms with van der Waals surface area (Å²) in [5.74, 6) is 0.0443. The smallest absolute Gasteiger partial charge is 0.335 e. The standard InChI is InChI=1S/C29H25NOS.C11H8O2/c30-21-10-12-23-20(15-21)9-11-26-24-7-4-8-28(27(24)14-13-25(23)26)29-16-22(18-32-29)31-17-19-5-2-1-3-6-19;12-11(13)10-6-5-8-3-1-2-4-9(8)7-10/h1-9,11,13-14,16,18,21H,10,12,15,17,30H2;1-7H,(H,12,13). The number of nitrogens with two attached hydrogens (primary N) is 1. The van der Waals surface area contributed by atoms with Crippen molar-refractivity contribution < 1.29 is 14.6 Å². The molecule has 8 rings (SSSR count).